The lowest BCUT2D eigenvalue weighted by Crippen LogP contribution is -2.50. The topological polar surface area (TPSA) is 89.7 Å². The molecular formula is C22H27ClN2O4S. The summed E-state index contributed by atoms with van der Waals surface area (Å²) in [4.78, 5) is 12.1. The van der Waals surface area contributed by atoms with E-state index in [1.165, 1.54) is 4.31 Å². The van der Waals surface area contributed by atoms with E-state index < -0.39 is 21.3 Å². The molecule has 2 N–H and O–H groups in total. The van der Waals surface area contributed by atoms with Crippen LogP contribution in [-0.2, 0) is 21.2 Å². The van der Waals surface area contributed by atoms with Gasteiger partial charge in [0, 0.05) is 29.9 Å². The van der Waals surface area contributed by atoms with E-state index in [9.17, 15) is 13.2 Å². The Morgan fingerprint density at radius 2 is 1.83 bits per heavy atom. The fourth-order valence-electron chi connectivity index (χ4n) is 3.86. The second kappa shape index (κ2) is 9.37. The number of carbonyl (C=O) groups is 1. The van der Waals surface area contributed by atoms with Crippen molar-refractivity contribution in [3.8, 4) is 5.75 Å². The predicted octanol–water partition coefficient (Wildman–Crippen LogP) is 3.63. The van der Waals surface area contributed by atoms with E-state index in [2.05, 4.69) is 0 Å². The number of ether oxygens (including phenoxy) is 1. The van der Waals surface area contributed by atoms with Crippen LogP contribution in [0.15, 0.2) is 53.4 Å². The van der Waals surface area contributed by atoms with Crippen LogP contribution in [-0.4, -0.2) is 38.3 Å². The van der Waals surface area contributed by atoms with Gasteiger partial charge in [0.05, 0.1) is 11.5 Å². The zero-order chi connectivity index (χ0) is 21.8. The molecule has 3 rings (SSSR count). The lowest BCUT2D eigenvalue weighted by molar-refractivity contribution is -0.121. The second-order valence-electron chi connectivity index (χ2n) is 7.83. The van der Waals surface area contributed by atoms with Crippen molar-refractivity contribution in [2.24, 2.45) is 11.1 Å². The van der Waals surface area contributed by atoms with E-state index in [4.69, 9.17) is 22.1 Å². The van der Waals surface area contributed by atoms with Crippen LogP contribution in [0.2, 0.25) is 5.02 Å². The van der Waals surface area contributed by atoms with Gasteiger partial charge in [0.1, 0.15) is 5.75 Å². The Balaban J connectivity index is 1.81. The van der Waals surface area contributed by atoms with Crippen molar-refractivity contribution in [2.75, 3.05) is 19.7 Å². The Kier molecular flexibility index (Phi) is 7.06. The summed E-state index contributed by atoms with van der Waals surface area (Å²) in [6.45, 7) is 2.80. The molecule has 0 spiro atoms. The molecule has 1 aliphatic heterocycles. The highest BCUT2D eigenvalue weighted by Gasteiger charge is 2.42. The zero-order valence-corrected chi connectivity index (χ0v) is 18.6. The summed E-state index contributed by atoms with van der Waals surface area (Å²) in [6, 6.07) is 13.9. The highest BCUT2D eigenvalue weighted by molar-refractivity contribution is 7.89. The van der Waals surface area contributed by atoms with Crippen molar-refractivity contribution < 1.29 is 17.9 Å². The van der Waals surface area contributed by atoms with Crippen molar-refractivity contribution in [2.45, 2.75) is 37.5 Å². The number of primary amides is 1. The lowest BCUT2D eigenvalue weighted by Gasteiger charge is -2.41. The standard InChI is InChI=1S/C22H27ClN2O4S/c1-2-17-4-10-20(11-5-17)30(27,28)25-13-3-12-22(15-25,14-21(24)26)16-29-19-8-6-18(23)7-9-19/h4-11H,2-3,12-16H2,1H3,(H2,24,26)/t22-/m0/s1. The molecule has 1 atom stereocenters. The van der Waals surface area contributed by atoms with Gasteiger partial charge in [0.15, 0.2) is 0 Å². The van der Waals surface area contributed by atoms with Gasteiger partial charge in [0.25, 0.3) is 0 Å². The van der Waals surface area contributed by atoms with E-state index in [1.807, 2.05) is 19.1 Å². The van der Waals surface area contributed by atoms with Crippen molar-refractivity contribution >= 4 is 27.5 Å². The van der Waals surface area contributed by atoms with Gasteiger partial charge in [-0.2, -0.15) is 4.31 Å². The fourth-order valence-corrected chi connectivity index (χ4v) is 5.58. The Morgan fingerprint density at radius 1 is 1.17 bits per heavy atom. The van der Waals surface area contributed by atoms with Crippen LogP contribution in [0.25, 0.3) is 0 Å². The molecule has 0 unspecified atom stereocenters. The number of benzene rings is 2. The maximum absolute atomic E-state index is 13.2. The van der Waals surface area contributed by atoms with Crippen LogP contribution in [0, 0.1) is 5.41 Å². The first-order chi connectivity index (χ1) is 14.2. The number of aryl methyl sites for hydroxylation is 1. The Hall–Kier alpha value is -2.09. The third-order valence-electron chi connectivity index (χ3n) is 5.50. The molecule has 0 aromatic heterocycles. The van der Waals surface area contributed by atoms with E-state index >= 15 is 0 Å². The van der Waals surface area contributed by atoms with Gasteiger partial charge in [-0.05, 0) is 61.2 Å². The summed E-state index contributed by atoms with van der Waals surface area (Å²) < 4.78 is 33.8. The molecule has 162 valence electrons. The SMILES string of the molecule is CCc1ccc(S(=O)(=O)N2CCC[C@](COc3ccc(Cl)cc3)(CC(N)=O)C2)cc1. The first kappa shape index (κ1) is 22.6. The number of amides is 1. The molecule has 1 saturated heterocycles. The van der Waals surface area contributed by atoms with Gasteiger partial charge in [-0.25, -0.2) is 8.42 Å². The van der Waals surface area contributed by atoms with Gasteiger partial charge >= 0.3 is 0 Å². The summed E-state index contributed by atoms with van der Waals surface area (Å²) in [5.74, 6) is 0.139. The molecule has 2 aromatic rings. The van der Waals surface area contributed by atoms with E-state index in [1.54, 1.807) is 36.4 Å². The Bertz CT molecular complexity index is 977. The number of piperidine rings is 1. The fraction of sp³-hybridized carbons (Fsp3) is 0.409. The molecule has 1 heterocycles. The van der Waals surface area contributed by atoms with Gasteiger partial charge in [-0.3, -0.25) is 4.79 Å². The smallest absolute Gasteiger partial charge is 0.243 e. The zero-order valence-electron chi connectivity index (χ0n) is 17.0. The summed E-state index contributed by atoms with van der Waals surface area (Å²) in [5, 5.41) is 0.596. The van der Waals surface area contributed by atoms with E-state index in [-0.39, 0.29) is 24.5 Å². The third kappa shape index (κ3) is 5.33. The highest BCUT2D eigenvalue weighted by Crippen LogP contribution is 2.36. The minimum absolute atomic E-state index is 0.0569. The second-order valence-corrected chi connectivity index (χ2v) is 10.2. The molecule has 8 heteroatoms. The number of hydrogen-bond donors (Lipinski definition) is 1. The molecular weight excluding hydrogens is 424 g/mol. The van der Waals surface area contributed by atoms with Crippen molar-refractivity contribution in [1.82, 2.24) is 4.31 Å². The summed E-state index contributed by atoms with van der Waals surface area (Å²) >= 11 is 5.91. The molecule has 0 aliphatic carbocycles. The average molecular weight is 451 g/mol. The predicted molar refractivity (Wildman–Crippen MR) is 117 cm³/mol. The third-order valence-corrected chi connectivity index (χ3v) is 7.62. The van der Waals surface area contributed by atoms with Gasteiger partial charge in [0.2, 0.25) is 15.9 Å². The molecule has 1 amide bonds. The van der Waals surface area contributed by atoms with Crippen LogP contribution in [0.5, 0.6) is 5.75 Å². The number of nitrogens with zero attached hydrogens (tertiary/aromatic N) is 1. The van der Waals surface area contributed by atoms with Crippen molar-refractivity contribution in [1.29, 1.82) is 0 Å². The molecule has 30 heavy (non-hydrogen) atoms. The number of rotatable bonds is 8. The Morgan fingerprint density at radius 3 is 2.43 bits per heavy atom. The summed E-state index contributed by atoms with van der Waals surface area (Å²) in [5.41, 5.74) is 5.91. The van der Waals surface area contributed by atoms with E-state index in [0.717, 1.165) is 12.0 Å². The molecule has 0 bridgehead atoms. The van der Waals surface area contributed by atoms with Crippen LogP contribution in [0.3, 0.4) is 0 Å². The normalized spacial score (nSPS) is 20.1. The number of hydrogen-bond acceptors (Lipinski definition) is 4. The van der Waals surface area contributed by atoms with Crippen molar-refractivity contribution in [3.63, 3.8) is 0 Å². The molecule has 6 nitrogen and oxygen atoms in total. The van der Waals surface area contributed by atoms with E-state index in [0.29, 0.717) is 30.2 Å². The number of nitrogens with two attached hydrogens (primary N) is 1. The quantitative estimate of drug-likeness (QED) is 0.665. The summed E-state index contributed by atoms with van der Waals surface area (Å²) in [6.07, 6.45) is 2.18. The molecule has 0 radical (unpaired) electrons. The number of halogens is 1. The number of carbonyl (C=O) groups excluding carboxylic acids is 1. The maximum atomic E-state index is 13.2. The van der Waals surface area contributed by atoms with Crippen LogP contribution < -0.4 is 10.5 Å². The minimum atomic E-state index is -3.67. The van der Waals surface area contributed by atoms with Gasteiger partial charge in [-0.1, -0.05) is 30.7 Å². The van der Waals surface area contributed by atoms with Crippen LogP contribution >= 0.6 is 11.6 Å². The summed E-state index contributed by atoms with van der Waals surface area (Å²) in [7, 11) is -3.67. The van der Waals surface area contributed by atoms with Crippen LogP contribution in [0.1, 0.15) is 31.7 Å². The van der Waals surface area contributed by atoms with Gasteiger partial charge < -0.3 is 10.5 Å². The first-order valence-electron chi connectivity index (χ1n) is 10.00. The first-order valence-corrected chi connectivity index (χ1v) is 11.8. The Labute approximate surface area is 183 Å². The minimum Gasteiger partial charge on any atom is -0.493 e. The lowest BCUT2D eigenvalue weighted by atomic mass is 9.78. The highest BCUT2D eigenvalue weighted by atomic mass is 35.5. The largest absolute Gasteiger partial charge is 0.493 e. The monoisotopic (exact) mass is 450 g/mol. The number of sulfonamides is 1. The van der Waals surface area contributed by atoms with Crippen LogP contribution in [0.4, 0.5) is 0 Å². The molecule has 1 fully saturated rings. The molecule has 2 aromatic carbocycles. The molecule has 0 saturated carbocycles. The average Bonchev–Trinajstić information content (AvgIpc) is 2.73. The van der Waals surface area contributed by atoms with Gasteiger partial charge in [-0.15, -0.1) is 0 Å². The maximum Gasteiger partial charge on any atom is 0.243 e. The molecule has 1 aliphatic rings. The van der Waals surface area contributed by atoms with Crippen molar-refractivity contribution in [3.05, 3.63) is 59.1 Å².